The first-order valence-electron chi connectivity index (χ1n) is 6.29. The van der Waals surface area contributed by atoms with Gasteiger partial charge in [0.05, 0.1) is 11.1 Å². The fraction of sp³-hybridized carbons (Fsp3) is 0.125. The van der Waals surface area contributed by atoms with Gasteiger partial charge in [-0.05, 0) is 35.5 Å². The van der Waals surface area contributed by atoms with E-state index in [-0.39, 0.29) is 6.04 Å². The van der Waals surface area contributed by atoms with Gasteiger partial charge in [-0.3, -0.25) is 0 Å². The minimum atomic E-state index is 0.0738. The van der Waals surface area contributed by atoms with Crippen molar-refractivity contribution in [2.75, 3.05) is 7.05 Å². The van der Waals surface area contributed by atoms with E-state index in [0.717, 1.165) is 25.7 Å². The van der Waals surface area contributed by atoms with Crippen molar-refractivity contribution in [1.29, 1.82) is 0 Å². The van der Waals surface area contributed by atoms with Gasteiger partial charge in [0, 0.05) is 15.3 Å². The molecule has 1 unspecified atom stereocenters. The van der Waals surface area contributed by atoms with Crippen LogP contribution in [0.1, 0.15) is 16.5 Å². The Morgan fingerprint density at radius 1 is 0.950 bits per heavy atom. The summed E-state index contributed by atoms with van der Waals surface area (Å²) in [5.74, 6) is 0. The van der Waals surface area contributed by atoms with Crippen molar-refractivity contribution in [3.63, 3.8) is 0 Å². The summed E-state index contributed by atoms with van der Waals surface area (Å²) in [5.41, 5.74) is 1.19. The number of rotatable bonds is 3. The van der Waals surface area contributed by atoms with Crippen LogP contribution in [0.25, 0.3) is 10.8 Å². The summed E-state index contributed by atoms with van der Waals surface area (Å²) in [6.07, 6.45) is 0. The van der Waals surface area contributed by atoms with E-state index in [9.17, 15) is 0 Å². The molecule has 0 amide bonds. The number of thiophene rings is 1. The number of nitrogens with one attached hydrogen (secondary N) is 1. The van der Waals surface area contributed by atoms with Gasteiger partial charge >= 0.3 is 0 Å². The molecule has 0 aliphatic heterocycles. The molecule has 2 aromatic carbocycles. The average Bonchev–Trinajstić information content (AvgIpc) is 2.89. The Bertz CT molecular complexity index is 751. The lowest BCUT2D eigenvalue weighted by atomic mass is 9.98. The third-order valence-corrected chi connectivity index (χ3v) is 5.16. The molecule has 1 atom stereocenters. The quantitative estimate of drug-likeness (QED) is 0.670. The first-order valence-corrected chi connectivity index (χ1v) is 7.93. The van der Waals surface area contributed by atoms with Crippen molar-refractivity contribution in [3.05, 3.63) is 68.3 Å². The standard InChI is InChI=1S/C16H13Cl2NS/c1-19-15(16-14(18)8-9-20-16)12-6-7-13(17)11-5-3-2-4-10(11)12/h2-9,15,19H,1H3. The topological polar surface area (TPSA) is 12.0 Å². The fourth-order valence-electron chi connectivity index (χ4n) is 2.48. The molecule has 0 bridgehead atoms. The molecule has 0 aliphatic carbocycles. The molecule has 1 nitrogen and oxygen atoms in total. The minimum Gasteiger partial charge on any atom is -0.309 e. The van der Waals surface area contributed by atoms with Gasteiger partial charge in [-0.2, -0.15) is 0 Å². The highest BCUT2D eigenvalue weighted by Crippen LogP contribution is 2.37. The number of halogens is 2. The van der Waals surface area contributed by atoms with Crippen LogP contribution in [-0.2, 0) is 0 Å². The molecule has 0 saturated carbocycles. The Morgan fingerprint density at radius 2 is 1.70 bits per heavy atom. The van der Waals surface area contributed by atoms with Crippen LogP contribution in [0.3, 0.4) is 0 Å². The van der Waals surface area contributed by atoms with Crippen molar-refractivity contribution in [1.82, 2.24) is 5.32 Å². The lowest BCUT2D eigenvalue weighted by molar-refractivity contribution is 0.709. The summed E-state index contributed by atoms with van der Waals surface area (Å²) in [6, 6.07) is 14.2. The Kier molecular flexibility index (Phi) is 3.99. The van der Waals surface area contributed by atoms with Crippen LogP contribution in [0.5, 0.6) is 0 Å². The van der Waals surface area contributed by atoms with Crippen LogP contribution in [0.15, 0.2) is 47.8 Å². The molecule has 0 aliphatic rings. The van der Waals surface area contributed by atoms with E-state index in [1.54, 1.807) is 11.3 Å². The monoisotopic (exact) mass is 321 g/mol. The summed E-state index contributed by atoms with van der Waals surface area (Å²) >= 11 is 14.2. The van der Waals surface area contributed by atoms with Gasteiger partial charge in [-0.15, -0.1) is 11.3 Å². The second kappa shape index (κ2) is 5.74. The first-order chi connectivity index (χ1) is 9.72. The lowest BCUT2D eigenvalue weighted by Gasteiger charge is -2.18. The normalized spacial score (nSPS) is 12.8. The van der Waals surface area contributed by atoms with E-state index in [2.05, 4.69) is 17.4 Å². The van der Waals surface area contributed by atoms with Gasteiger partial charge in [-0.1, -0.05) is 53.5 Å². The predicted molar refractivity (Wildman–Crippen MR) is 89.2 cm³/mol. The molecule has 0 spiro atoms. The van der Waals surface area contributed by atoms with E-state index < -0.39 is 0 Å². The third-order valence-electron chi connectivity index (χ3n) is 3.41. The molecular formula is C16H13Cl2NS. The lowest BCUT2D eigenvalue weighted by Crippen LogP contribution is -2.17. The molecule has 3 rings (SSSR count). The predicted octanol–water partition coefficient (Wildman–Crippen LogP) is 5.52. The van der Waals surface area contributed by atoms with Crippen LogP contribution >= 0.6 is 34.5 Å². The van der Waals surface area contributed by atoms with Gasteiger partial charge in [0.25, 0.3) is 0 Å². The van der Waals surface area contributed by atoms with Gasteiger partial charge in [0.2, 0.25) is 0 Å². The first kappa shape index (κ1) is 13.9. The maximum absolute atomic E-state index is 6.29. The zero-order valence-electron chi connectivity index (χ0n) is 10.9. The average molecular weight is 322 g/mol. The molecule has 0 fully saturated rings. The van der Waals surface area contributed by atoms with Crippen LogP contribution in [0.2, 0.25) is 10.0 Å². The number of hydrogen-bond acceptors (Lipinski definition) is 2. The number of fused-ring (bicyclic) bond motifs is 1. The van der Waals surface area contributed by atoms with Crippen molar-refractivity contribution < 1.29 is 0 Å². The summed E-state index contributed by atoms with van der Waals surface area (Å²) in [7, 11) is 1.95. The van der Waals surface area contributed by atoms with Gasteiger partial charge in [0.1, 0.15) is 0 Å². The molecular weight excluding hydrogens is 309 g/mol. The SMILES string of the molecule is CNC(c1sccc1Cl)c1ccc(Cl)c2ccccc12. The molecule has 1 heterocycles. The molecule has 1 N–H and O–H groups in total. The van der Waals surface area contributed by atoms with Gasteiger partial charge in [0.15, 0.2) is 0 Å². The fourth-order valence-corrected chi connectivity index (χ4v) is 4.00. The third kappa shape index (κ3) is 2.33. The van der Waals surface area contributed by atoms with Gasteiger partial charge in [-0.25, -0.2) is 0 Å². The highest BCUT2D eigenvalue weighted by atomic mass is 35.5. The highest BCUT2D eigenvalue weighted by molar-refractivity contribution is 7.10. The Labute approximate surface area is 132 Å². The van der Waals surface area contributed by atoms with E-state index in [4.69, 9.17) is 23.2 Å². The smallest absolute Gasteiger partial charge is 0.0689 e. The highest BCUT2D eigenvalue weighted by Gasteiger charge is 2.19. The maximum Gasteiger partial charge on any atom is 0.0689 e. The zero-order chi connectivity index (χ0) is 14.1. The molecule has 3 aromatic rings. The van der Waals surface area contributed by atoms with Crippen LogP contribution in [0, 0.1) is 0 Å². The van der Waals surface area contributed by atoms with Gasteiger partial charge < -0.3 is 5.32 Å². The maximum atomic E-state index is 6.29. The number of hydrogen-bond donors (Lipinski definition) is 1. The van der Waals surface area contributed by atoms with Crippen molar-refractivity contribution in [2.45, 2.75) is 6.04 Å². The second-order valence-electron chi connectivity index (χ2n) is 4.54. The largest absolute Gasteiger partial charge is 0.309 e. The van der Waals surface area contributed by atoms with Crippen molar-refractivity contribution in [2.24, 2.45) is 0 Å². The molecule has 20 heavy (non-hydrogen) atoms. The molecule has 0 saturated heterocycles. The molecule has 1 aromatic heterocycles. The van der Waals surface area contributed by atoms with Crippen molar-refractivity contribution in [3.8, 4) is 0 Å². The molecule has 4 heteroatoms. The van der Waals surface area contributed by atoms with E-state index in [0.29, 0.717) is 0 Å². The minimum absolute atomic E-state index is 0.0738. The van der Waals surface area contributed by atoms with Crippen LogP contribution < -0.4 is 5.32 Å². The second-order valence-corrected chi connectivity index (χ2v) is 6.30. The Morgan fingerprint density at radius 3 is 2.35 bits per heavy atom. The zero-order valence-corrected chi connectivity index (χ0v) is 13.2. The number of benzene rings is 2. The van der Waals surface area contributed by atoms with E-state index >= 15 is 0 Å². The van der Waals surface area contributed by atoms with Crippen LogP contribution in [0.4, 0.5) is 0 Å². The summed E-state index contributed by atoms with van der Waals surface area (Å²) in [6.45, 7) is 0. The summed E-state index contributed by atoms with van der Waals surface area (Å²) in [5, 5.41) is 9.17. The molecule has 102 valence electrons. The van der Waals surface area contributed by atoms with E-state index in [1.165, 1.54) is 5.56 Å². The van der Waals surface area contributed by atoms with Crippen LogP contribution in [-0.4, -0.2) is 7.05 Å². The summed E-state index contributed by atoms with van der Waals surface area (Å²) in [4.78, 5) is 1.13. The molecule has 0 radical (unpaired) electrons. The van der Waals surface area contributed by atoms with E-state index in [1.807, 2.05) is 42.8 Å². The Balaban J connectivity index is 2.23. The summed E-state index contributed by atoms with van der Waals surface area (Å²) < 4.78 is 0. The Hall–Kier alpha value is -1.06. The van der Waals surface area contributed by atoms with Crippen molar-refractivity contribution >= 4 is 45.3 Å².